The van der Waals surface area contributed by atoms with E-state index in [4.69, 9.17) is 0 Å². The molecule has 0 aromatic carbocycles. The summed E-state index contributed by atoms with van der Waals surface area (Å²) in [5, 5.41) is 10.7. The summed E-state index contributed by atoms with van der Waals surface area (Å²) in [6.07, 6.45) is 6.31. The molecular weight excluding hydrogens is 288 g/mol. The maximum Gasteiger partial charge on any atom is 0.223 e. The summed E-state index contributed by atoms with van der Waals surface area (Å²) in [5.41, 5.74) is 1.45. The lowest BCUT2D eigenvalue weighted by molar-refractivity contribution is -0.130. The normalized spacial score (nSPS) is 33.2. The Hall–Kier alpha value is -1.64. The van der Waals surface area contributed by atoms with E-state index < -0.39 is 5.41 Å². The second kappa shape index (κ2) is 4.93. The second-order valence-electron chi connectivity index (χ2n) is 8.50. The van der Waals surface area contributed by atoms with Crippen LogP contribution in [0.25, 0.3) is 0 Å². The average molecular weight is 314 g/mol. The number of aliphatic hydroxyl groups excluding tert-OH is 1. The summed E-state index contributed by atoms with van der Waals surface area (Å²) >= 11 is 0. The lowest BCUT2D eigenvalue weighted by Gasteiger charge is -2.53. The number of ketones is 2. The van der Waals surface area contributed by atoms with E-state index in [2.05, 4.69) is 20.8 Å². The fraction of sp³-hybridized carbons (Fsp3) is 0.600. The molecule has 3 heteroatoms. The van der Waals surface area contributed by atoms with Crippen molar-refractivity contribution in [2.24, 2.45) is 22.7 Å². The maximum atomic E-state index is 12.9. The molecule has 0 aliphatic heterocycles. The van der Waals surface area contributed by atoms with Crippen molar-refractivity contribution in [1.82, 2.24) is 0 Å². The Balaban J connectivity index is 2.24. The van der Waals surface area contributed by atoms with Crippen LogP contribution in [-0.4, -0.2) is 16.7 Å². The van der Waals surface area contributed by atoms with Gasteiger partial charge in [-0.3, -0.25) is 9.59 Å². The zero-order chi connectivity index (χ0) is 17.2. The topological polar surface area (TPSA) is 54.4 Å². The van der Waals surface area contributed by atoms with E-state index in [1.165, 1.54) is 0 Å². The summed E-state index contributed by atoms with van der Waals surface area (Å²) in [7, 11) is 0. The summed E-state index contributed by atoms with van der Waals surface area (Å²) in [5.74, 6) is -0.426. The van der Waals surface area contributed by atoms with Gasteiger partial charge >= 0.3 is 0 Å². The van der Waals surface area contributed by atoms with Gasteiger partial charge in [0, 0.05) is 22.5 Å². The van der Waals surface area contributed by atoms with Gasteiger partial charge in [-0.25, -0.2) is 0 Å². The molecule has 0 saturated heterocycles. The van der Waals surface area contributed by atoms with E-state index in [9.17, 15) is 14.7 Å². The highest BCUT2D eigenvalue weighted by Crippen LogP contribution is 2.59. The van der Waals surface area contributed by atoms with Crippen LogP contribution in [0.1, 0.15) is 53.9 Å². The fourth-order valence-corrected chi connectivity index (χ4v) is 5.10. The number of hydrogen-bond acceptors (Lipinski definition) is 3. The van der Waals surface area contributed by atoms with Crippen molar-refractivity contribution in [2.75, 3.05) is 0 Å². The quantitative estimate of drug-likeness (QED) is 0.785. The zero-order valence-corrected chi connectivity index (χ0v) is 14.7. The van der Waals surface area contributed by atoms with Crippen molar-refractivity contribution in [3.63, 3.8) is 0 Å². The van der Waals surface area contributed by atoms with Crippen molar-refractivity contribution < 1.29 is 14.7 Å². The minimum Gasteiger partial charge on any atom is -0.504 e. The second-order valence-corrected chi connectivity index (χ2v) is 8.50. The van der Waals surface area contributed by atoms with Crippen molar-refractivity contribution in [3.8, 4) is 0 Å². The van der Waals surface area contributed by atoms with Crippen LogP contribution in [0.2, 0.25) is 0 Å². The van der Waals surface area contributed by atoms with Gasteiger partial charge in [-0.15, -0.1) is 0 Å². The first-order chi connectivity index (χ1) is 10.6. The first-order valence-electron chi connectivity index (χ1n) is 8.55. The number of aliphatic hydroxyl groups is 1. The van der Waals surface area contributed by atoms with E-state index in [1.807, 2.05) is 19.9 Å². The number of carbonyl (C=O) groups is 2. The van der Waals surface area contributed by atoms with Crippen LogP contribution in [-0.2, 0) is 9.59 Å². The molecule has 2 atom stereocenters. The predicted molar refractivity (Wildman–Crippen MR) is 89.9 cm³/mol. The summed E-state index contributed by atoms with van der Waals surface area (Å²) in [6.45, 7) is 10.2. The SMILES string of the molecule is CC(C)C1=CC2=CC(=O)[C@H]3C(C)(C)CCC[C@@]3(C)C2=C(O)C1=O. The minimum absolute atomic E-state index is 0.0236. The largest absolute Gasteiger partial charge is 0.504 e. The monoisotopic (exact) mass is 314 g/mol. The molecule has 0 heterocycles. The predicted octanol–water partition coefficient (Wildman–Crippen LogP) is 4.31. The molecule has 0 aromatic heterocycles. The Bertz CT molecular complexity index is 688. The van der Waals surface area contributed by atoms with E-state index >= 15 is 0 Å². The molecule has 0 unspecified atom stereocenters. The van der Waals surface area contributed by atoms with Crippen molar-refractivity contribution in [3.05, 3.63) is 34.6 Å². The van der Waals surface area contributed by atoms with Gasteiger partial charge in [0.25, 0.3) is 0 Å². The molecule has 3 aliphatic carbocycles. The number of allylic oxidation sites excluding steroid dienone is 5. The van der Waals surface area contributed by atoms with Gasteiger partial charge in [0.1, 0.15) is 0 Å². The summed E-state index contributed by atoms with van der Waals surface area (Å²) in [4.78, 5) is 25.5. The smallest absolute Gasteiger partial charge is 0.223 e. The number of Topliss-reactive ketones (excluding diaryl/α,β-unsaturated/α-hetero) is 1. The first kappa shape index (κ1) is 16.2. The third kappa shape index (κ3) is 2.16. The Kier molecular flexibility index (Phi) is 3.48. The summed E-state index contributed by atoms with van der Waals surface area (Å²) < 4.78 is 0. The molecule has 3 aliphatic rings. The Labute approximate surface area is 138 Å². The molecule has 3 nitrogen and oxygen atoms in total. The Morgan fingerprint density at radius 3 is 2.39 bits per heavy atom. The standard InChI is InChI=1S/C20H26O3/c1-11(2)13-9-12-10-14(21)18-19(3,4)7-6-8-20(18,5)15(12)17(23)16(13)22/h9-11,18,23H,6-8H2,1-5H3/t18-,20-/m0/s1. The zero-order valence-electron chi connectivity index (χ0n) is 14.7. The molecule has 1 saturated carbocycles. The van der Waals surface area contributed by atoms with E-state index in [0.717, 1.165) is 24.8 Å². The van der Waals surface area contributed by atoms with Gasteiger partial charge in [0.2, 0.25) is 5.78 Å². The van der Waals surface area contributed by atoms with Gasteiger partial charge in [-0.1, -0.05) is 41.0 Å². The van der Waals surface area contributed by atoms with Crippen LogP contribution in [0.3, 0.4) is 0 Å². The number of fused-ring (bicyclic) bond motifs is 3. The van der Waals surface area contributed by atoms with Crippen LogP contribution >= 0.6 is 0 Å². The van der Waals surface area contributed by atoms with Crippen molar-refractivity contribution in [1.29, 1.82) is 0 Å². The highest BCUT2D eigenvalue weighted by molar-refractivity contribution is 6.11. The molecule has 0 spiro atoms. The van der Waals surface area contributed by atoms with Gasteiger partial charge in [-0.2, -0.15) is 0 Å². The fourth-order valence-electron chi connectivity index (χ4n) is 5.10. The highest BCUT2D eigenvalue weighted by Gasteiger charge is 2.56. The third-order valence-electron chi connectivity index (χ3n) is 6.02. The van der Waals surface area contributed by atoms with Gasteiger partial charge < -0.3 is 5.11 Å². The maximum absolute atomic E-state index is 12.9. The lowest BCUT2D eigenvalue weighted by atomic mass is 9.49. The van der Waals surface area contributed by atoms with Crippen LogP contribution < -0.4 is 0 Å². The summed E-state index contributed by atoms with van der Waals surface area (Å²) in [6, 6.07) is 0. The van der Waals surface area contributed by atoms with Crippen molar-refractivity contribution in [2.45, 2.75) is 53.9 Å². The Morgan fingerprint density at radius 2 is 1.78 bits per heavy atom. The molecule has 0 amide bonds. The molecule has 0 radical (unpaired) electrons. The molecule has 1 N–H and O–H groups in total. The van der Waals surface area contributed by atoms with E-state index in [0.29, 0.717) is 11.1 Å². The van der Waals surface area contributed by atoms with Crippen LogP contribution in [0.4, 0.5) is 0 Å². The molecule has 23 heavy (non-hydrogen) atoms. The first-order valence-corrected chi connectivity index (χ1v) is 8.55. The van der Waals surface area contributed by atoms with Crippen molar-refractivity contribution >= 4 is 11.6 Å². The molecule has 0 aromatic rings. The van der Waals surface area contributed by atoms with Crippen LogP contribution in [0.5, 0.6) is 0 Å². The minimum atomic E-state index is -0.457. The lowest BCUT2D eigenvalue weighted by Crippen LogP contribution is -2.50. The molecule has 3 rings (SSSR count). The van der Waals surface area contributed by atoms with E-state index in [1.54, 1.807) is 6.08 Å². The van der Waals surface area contributed by atoms with Gasteiger partial charge in [0.15, 0.2) is 11.5 Å². The molecule has 0 bridgehead atoms. The van der Waals surface area contributed by atoms with Crippen LogP contribution in [0.15, 0.2) is 34.6 Å². The Morgan fingerprint density at radius 1 is 1.13 bits per heavy atom. The highest BCUT2D eigenvalue weighted by atomic mass is 16.3. The molecular formula is C20H26O3. The average Bonchev–Trinajstić information content (AvgIpc) is 2.40. The number of carbonyl (C=O) groups excluding carboxylic acids is 2. The number of hydrogen-bond donors (Lipinski definition) is 1. The van der Waals surface area contributed by atoms with Crippen LogP contribution in [0, 0.1) is 22.7 Å². The van der Waals surface area contributed by atoms with Gasteiger partial charge in [0.05, 0.1) is 0 Å². The molecule has 124 valence electrons. The number of rotatable bonds is 1. The molecule has 1 fully saturated rings. The van der Waals surface area contributed by atoms with E-state index in [-0.39, 0.29) is 34.6 Å². The third-order valence-corrected chi connectivity index (χ3v) is 6.02. The van der Waals surface area contributed by atoms with Gasteiger partial charge in [-0.05, 0) is 41.9 Å².